The number of benzene rings is 1. The molecule has 1 aliphatic heterocycles. The van der Waals surface area contributed by atoms with Crippen molar-refractivity contribution in [1.82, 2.24) is 29.0 Å². The topological polar surface area (TPSA) is 105 Å². The minimum absolute atomic E-state index is 0.116. The molecule has 162 valence electrons. The Morgan fingerprint density at radius 1 is 0.935 bits per heavy atom. The molecule has 0 N–H and O–H groups in total. The molecule has 3 heterocycles. The highest BCUT2D eigenvalue weighted by Gasteiger charge is 2.24. The first-order valence-electron chi connectivity index (χ1n) is 9.75. The molecule has 4 rings (SSSR count). The third-order valence-electron chi connectivity index (χ3n) is 5.18. The van der Waals surface area contributed by atoms with Crippen molar-refractivity contribution in [2.45, 2.75) is 4.90 Å². The molecule has 1 fully saturated rings. The lowest BCUT2D eigenvalue weighted by Crippen LogP contribution is -2.49. The third-order valence-corrected chi connectivity index (χ3v) is 7.01. The SMILES string of the molecule is CN(C)S(=O)(=O)c1ccc(C(=O)N2CCN(c3ccc(-n4ccnc4)nn3)CC2)cc1. The smallest absolute Gasteiger partial charge is 0.253 e. The van der Waals surface area contributed by atoms with Crippen LogP contribution in [-0.2, 0) is 10.0 Å². The van der Waals surface area contributed by atoms with Crippen molar-refractivity contribution >= 4 is 21.7 Å². The lowest BCUT2D eigenvalue weighted by molar-refractivity contribution is 0.0746. The van der Waals surface area contributed by atoms with Gasteiger partial charge in [0.15, 0.2) is 11.6 Å². The zero-order chi connectivity index (χ0) is 22.0. The van der Waals surface area contributed by atoms with E-state index < -0.39 is 10.0 Å². The fourth-order valence-electron chi connectivity index (χ4n) is 3.32. The number of rotatable bonds is 5. The molecule has 0 radical (unpaired) electrons. The minimum atomic E-state index is -3.52. The Kier molecular flexibility index (Phi) is 5.70. The van der Waals surface area contributed by atoms with E-state index in [-0.39, 0.29) is 10.8 Å². The van der Waals surface area contributed by atoms with E-state index in [0.717, 1.165) is 10.1 Å². The van der Waals surface area contributed by atoms with Crippen molar-refractivity contribution in [3.63, 3.8) is 0 Å². The zero-order valence-electron chi connectivity index (χ0n) is 17.3. The van der Waals surface area contributed by atoms with Gasteiger partial charge in [0, 0.05) is 58.2 Å². The summed E-state index contributed by atoms with van der Waals surface area (Å²) in [4.78, 5) is 20.8. The molecule has 0 unspecified atom stereocenters. The van der Waals surface area contributed by atoms with Gasteiger partial charge in [0.25, 0.3) is 5.91 Å². The number of carbonyl (C=O) groups is 1. The molecule has 2 aromatic heterocycles. The largest absolute Gasteiger partial charge is 0.352 e. The van der Waals surface area contributed by atoms with Crippen LogP contribution in [0.3, 0.4) is 0 Å². The average Bonchev–Trinajstić information content (AvgIpc) is 3.34. The first-order valence-corrected chi connectivity index (χ1v) is 11.2. The van der Waals surface area contributed by atoms with Gasteiger partial charge in [-0.3, -0.25) is 9.36 Å². The normalized spacial score (nSPS) is 14.8. The predicted octanol–water partition coefficient (Wildman–Crippen LogP) is 0.875. The number of nitrogens with zero attached hydrogens (tertiary/aromatic N) is 7. The van der Waals surface area contributed by atoms with Crippen LogP contribution in [0.1, 0.15) is 10.4 Å². The summed E-state index contributed by atoms with van der Waals surface area (Å²) in [5.74, 6) is 1.33. The maximum Gasteiger partial charge on any atom is 0.253 e. The van der Waals surface area contributed by atoms with E-state index in [2.05, 4.69) is 20.1 Å². The standard InChI is InChI=1S/C20H23N7O3S/c1-24(2)31(29,30)17-5-3-16(4-6-17)20(28)26-13-11-25(12-14-26)18-7-8-19(23-22-18)27-10-9-21-15-27/h3-10,15H,11-14H2,1-2H3. The number of piperazine rings is 1. The lowest BCUT2D eigenvalue weighted by atomic mass is 10.2. The molecule has 0 atom stereocenters. The number of amides is 1. The van der Waals surface area contributed by atoms with E-state index >= 15 is 0 Å². The van der Waals surface area contributed by atoms with Crippen LogP contribution >= 0.6 is 0 Å². The second kappa shape index (κ2) is 8.44. The molecule has 10 nitrogen and oxygen atoms in total. The summed E-state index contributed by atoms with van der Waals surface area (Å²) in [7, 11) is -0.564. The van der Waals surface area contributed by atoms with Crippen molar-refractivity contribution < 1.29 is 13.2 Å². The highest BCUT2D eigenvalue weighted by atomic mass is 32.2. The number of hydrogen-bond donors (Lipinski definition) is 0. The van der Waals surface area contributed by atoms with Gasteiger partial charge in [-0.15, -0.1) is 10.2 Å². The van der Waals surface area contributed by atoms with Gasteiger partial charge in [-0.25, -0.2) is 17.7 Å². The predicted molar refractivity (Wildman–Crippen MR) is 115 cm³/mol. The summed E-state index contributed by atoms with van der Waals surface area (Å²) in [6, 6.07) is 9.85. The van der Waals surface area contributed by atoms with Crippen LogP contribution in [-0.4, -0.2) is 83.6 Å². The zero-order valence-corrected chi connectivity index (χ0v) is 18.1. The second-order valence-electron chi connectivity index (χ2n) is 7.31. The van der Waals surface area contributed by atoms with Gasteiger partial charge in [0.2, 0.25) is 10.0 Å². The molecule has 0 aliphatic carbocycles. The number of carbonyl (C=O) groups excluding carboxylic acids is 1. The molecule has 11 heteroatoms. The van der Waals surface area contributed by atoms with E-state index in [1.54, 1.807) is 40.3 Å². The number of anilines is 1. The molecule has 1 aromatic carbocycles. The first-order chi connectivity index (χ1) is 14.9. The molecule has 0 bridgehead atoms. The molecule has 3 aromatic rings. The summed E-state index contributed by atoms with van der Waals surface area (Å²) < 4.78 is 27.3. The summed E-state index contributed by atoms with van der Waals surface area (Å²) in [6.45, 7) is 2.36. The van der Waals surface area contributed by atoms with Crippen LogP contribution in [0, 0.1) is 0 Å². The highest BCUT2D eigenvalue weighted by molar-refractivity contribution is 7.89. The van der Waals surface area contributed by atoms with Crippen LogP contribution in [0.5, 0.6) is 0 Å². The fourth-order valence-corrected chi connectivity index (χ4v) is 4.22. The van der Waals surface area contributed by atoms with Gasteiger partial charge in [-0.1, -0.05) is 0 Å². The number of hydrogen-bond acceptors (Lipinski definition) is 7. The Balaban J connectivity index is 1.38. The monoisotopic (exact) mass is 441 g/mol. The van der Waals surface area contributed by atoms with E-state index in [4.69, 9.17) is 0 Å². The Bertz CT molecular complexity index is 1140. The molecular weight excluding hydrogens is 418 g/mol. The molecule has 1 saturated heterocycles. The first kappa shape index (κ1) is 20.9. The molecule has 0 spiro atoms. The van der Waals surface area contributed by atoms with E-state index in [0.29, 0.717) is 37.6 Å². The number of sulfonamides is 1. The maximum absolute atomic E-state index is 12.8. The molecular formula is C20H23N7O3S. The number of aromatic nitrogens is 4. The van der Waals surface area contributed by atoms with Crippen molar-refractivity contribution in [3.8, 4) is 5.82 Å². The average molecular weight is 442 g/mol. The maximum atomic E-state index is 12.8. The van der Waals surface area contributed by atoms with Crippen LogP contribution < -0.4 is 4.90 Å². The second-order valence-corrected chi connectivity index (χ2v) is 9.46. The number of imidazole rings is 1. The van der Waals surface area contributed by atoms with Gasteiger partial charge >= 0.3 is 0 Å². The van der Waals surface area contributed by atoms with Gasteiger partial charge in [0.05, 0.1) is 4.90 Å². The van der Waals surface area contributed by atoms with Crippen molar-refractivity contribution in [1.29, 1.82) is 0 Å². The minimum Gasteiger partial charge on any atom is -0.352 e. The Labute approximate surface area is 180 Å². The van der Waals surface area contributed by atoms with E-state index in [1.807, 2.05) is 12.1 Å². The lowest BCUT2D eigenvalue weighted by Gasteiger charge is -2.35. The van der Waals surface area contributed by atoms with Crippen LogP contribution in [0.15, 0.2) is 60.0 Å². The van der Waals surface area contributed by atoms with Gasteiger partial charge in [0.1, 0.15) is 6.33 Å². The van der Waals surface area contributed by atoms with Crippen LogP contribution in [0.25, 0.3) is 5.82 Å². The highest BCUT2D eigenvalue weighted by Crippen LogP contribution is 2.18. The third kappa shape index (κ3) is 4.28. The van der Waals surface area contributed by atoms with E-state index in [1.165, 1.54) is 26.2 Å². The van der Waals surface area contributed by atoms with E-state index in [9.17, 15) is 13.2 Å². The van der Waals surface area contributed by atoms with Crippen molar-refractivity contribution in [3.05, 3.63) is 60.7 Å². The Hall–Kier alpha value is -3.31. The van der Waals surface area contributed by atoms with Gasteiger partial charge in [-0.2, -0.15) is 0 Å². The van der Waals surface area contributed by atoms with Crippen LogP contribution in [0.4, 0.5) is 5.82 Å². The Morgan fingerprint density at radius 2 is 1.58 bits per heavy atom. The fraction of sp³-hybridized carbons (Fsp3) is 0.300. The van der Waals surface area contributed by atoms with Crippen molar-refractivity contribution in [2.24, 2.45) is 0 Å². The van der Waals surface area contributed by atoms with Crippen molar-refractivity contribution in [2.75, 3.05) is 45.2 Å². The summed E-state index contributed by atoms with van der Waals surface area (Å²) in [5.41, 5.74) is 0.468. The molecule has 1 amide bonds. The molecule has 0 saturated carbocycles. The molecule has 1 aliphatic rings. The van der Waals surface area contributed by atoms with Gasteiger partial charge < -0.3 is 9.80 Å². The summed E-state index contributed by atoms with van der Waals surface area (Å²) in [5, 5.41) is 8.53. The Morgan fingerprint density at radius 3 is 2.13 bits per heavy atom. The summed E-state index contributed by atoms with van der Waals surface area (Å²) >= 11 is 0. The van der Waals surface area contributed by atoms with Gasteiger partial charge in [-0.05, 0) is 36.4 Å². The summed E-state index contributed by atoms with van der Waals surface area (Å²) in [6.07, 6.45) is 5.15. The van der Waals surface area contributed by atoms with Crippen LogP contribution in [0.2, 0.25) is 0 Å². The quantitative estimate of drug-likeness (QED) is 0.579. The molecule has 31 heavy (non-hydrogen) atoms.